The van der Waals surface area contributed by atoms with Gasteiger partial charge in [0.15, 0.2) is 0 Å². The summed E-state index contributed by atoms with van der Waals surface area (Å²) in [6.45, 7) is 0.483. The summed E-state index contributed by atoms with van der Waals surface area (Å²) in [6, 6.07) is 11.1. The quantitative estimate of drug-likeness (QED) is 0.116. The van der Waals surface area contributed by atoms with E-state index in [4.69, 9.17) is 11.5 Å². The van der Waals surface area contributed by atoms with Crippen LogP contribution in [-0.2, 0) is 11.3 Å². The lowest BCUT2D eigenvalue weighted by atomic mass is 10.1. The van der Waals surface area contributed by atoms with Crippen LogP contribution in [0.3, 0.4) is 0 Å². The first kappa shape index (κ1) is 28.4. The molecule has 4 aromatic rings. The number of benzene rings is 2. The van der Waals surface area contributed by atoms with Gasteiger partial charge in [-0.1, -0.05) is 12.1 Å². The van der Waals surface area contributed by atoms with Crippen LogP contribution in [0.4, 0.5) is 17.5 Å². The van der Waals surface area contributed by atoms with Gasteiger partial charge in [0.1, 0.15) is 17.5 Å². The second-order valence-corrected chi connectivity index (χ2v) is 9.05. The van der Waals surface area contributed by atoms with Gasteiger partial charge in [0.25, 0.3) is 11.8 Å². The van der Waals surface area contributed by atoms with Gasteiger partial charge in [-0.05, 0) is 49.2 Å². The number of nitrogens with zero attached hydrogens (tertiary/aromatic N) is 2. The zero-order valence-electron chi connectivity index (χ0n) is 21.7. The lowest BCUT2D eigenvalue weighted by molar-refractivity contribution is -0.139. The van der Waals surface area contributed by atoms with Crippen molar-refractivity contribution in [1.29, 1.82) is 0 Å². The molecule has 2 aromatic heterocycles. The molecule has 0 bridgehead atoms. The number of nitrogens with two attached hydrogens (primary N) is 2. The molecule has 0 fully saturated rings. The fraction of sp³-hybridized carbons (Fsp3) is 0.185. The zero-order valence-corrected chi connectivity index (χ0v) is 21.7. The van der Waals surface area contributed by atoms with Gasteiger partial charge >= 0.3 is 11.9 Å². The van der Waals surface area contributed by atoms with Crippen molar-refractivity contribution in [3.05, 3.63) is 77.0 Å². The number of anilines is 3. The number of fused-ring (bicyclic) bond motifs is 1. The maximum atomic E-state index is 12.7. The number of nitrogen functional groups attached to an aromatic ring is 2. The molecule has 14 nitrogen and oxygen atoms in total. The lowest BCUT2D eigenvalue weighted by Gasteiger charge is -2.15. The Balaban J connectivity index is 1.28. The molecule has 0 saturated heterocycles. The van der Waals surface area contributed by atoms with E-state index in [0.29, 0.717) is 23.3 Å². The van der Waals surface area contributed by atoms with Gasteiger partial charge in [0, 0.05) is 36.1 Å². The topological polar surface area (TPSA) is 238 Å². The molecule has 0 radical (unpaired) electrons. The fourth-order valence-electron chi connectivity index (χ4n) is 4.19. The number of carbonyl (C=O) groups excluding carboxylic acids is 2. The van der Waals surface area contributed by atoms with Crippen LogP contribution in [0, 0.1) is 0 Å². The van der Waals surface area contributed by atoms with Crippen LogP contribution < -0.4 is 27.4 Å². The molecule has 212 valence electrons. The number of aromatic carboxylic acids is 1. The molecule has 41 heavy (non-hydrogen) atoms. The van der Waals surface area contributed by atoms with Gasteiger partial charge in [-0.2, -0.15) is 9.97 Å². The van der Waals surface area contributed by atoms with Crippen molar-refractivity contribution in [2.75, 3.05) is 23.3 Å². The number of aliphatic carboxylic acids is 1. The number of rotatable bonds is 12. The summed E-state index contributed by atoms with van der Waals surface area (Å²) in [5.41, 5.74) is 13.8. The van der Waals surface area contributed by atoms with Crippen molar-refractivity contribution in [2.24, 2.45) is 0 Å². The second kappa shape index (κ2) is 12.5. The summed E-state index contributed by atoms with van der Waals surface area (Å²) in [5.74, 6) is -3.27. The van der Waals surface area contributed by atoms with E-state index >= 15 is 0 Å². The van der Waals surface area contributed by atoms with Crippen molar-refractivity contribution in [2.45, 2.75) is 25.4 Å². The van der Waals surface area contributed by atoms with Gasteiger partial charge in [0.2, 0.25) is 5.95 Å². The second-order valence-electron chi connectivity index (χ2n) is 9.05. The fourth-order valence-corrected chi connectivity index (χ4v) is 4.19. The van der Waals surface area contributed by atoms with Crippen LogP contribution in [0.1, 0.15) is 49.5 Å². The first-order valence-electron chi connectivity index (χ1n) is 12.5. The molecule has 4 rings (SSSR count). The first-order chi connectivity index (χ1) is 19.6. The highest BCUT2D eigenvalue weighted by molar-refractivity contribution is 6.04. The summed E-state index contributed by atoms with van der Waals surface area (Å²) in [4.78, 5) is 59.2. The number of hydrogen-bond acceptors (Lipinski definition) is 9. The Bertz CT molecular complexity index is 1600. The smallest absolute Gasteiger partial charge is 0.336 e. The van der Waals surface area contributed by atoms with E-state index in [2.05, 4.69) is 30.9 Å². The maximum Gasteiger partial charge on any atom is 0.336 e. The Hall–Kier alpha value is -5.66. The number of hydrogen-bond donors (Lipinski definition) is 8. The minimum atomic E-state index is -1.23. The van der Waals surface area contributed by atoms with Crippen molar-refractivity contribution >= 4 is 52.2 Å². The number of H-pyrrole nitrogens is 1. The molecule has 1 unspecified atom stereocenters. The average Bonchev–Trinajstić information content (AvgIpc) is 3.36. The number of carbonyl (C=O) groups is 4. The summed E-state index contributed by atoms with van der Waals surface area (Å²) >= 11 is 0. The minimum absolute atomic E-state index is 0.00538. The van der Waals surface area contributed by atoms with E-state index in [-0.39, 0.29) is 47.8 Å². The third kappa shape index (κ3) is 6.86. The molecular formula is C27H28N8O6. The Morgan fingerprint density at radius 2 is 1.63 bits per heavy atom. The molecule has 0 saturated carbocycles. The van der Waals surface area contributed by atoms with Gasteiger partial charge < -0.3 is 42.6 Å². The molecule has 14 heteroatoms. The number of nitrogens with one attached hydrogen (secondary N) is 4. The van der Waals surface area contributed by atoms with Crippen LogP contribution in [0.25, 0.3) is 11.0 Å². The molecule has 2 heterocycles. The average molecular weight is 561 g/mol. The number of carboxylic acids is 2. The number of amides is 2. The summed E-state index contributed by atoms with van der Waals surface area (Å²) in [7, 11) is 0. The molecule has 1 atom stereocenters. The third-order valence-corrected chi connectivity index (χ3v) is 6.25. The normalized spacial score (nSPS) is 11.5. The van der Waals surface area contributed by atoms with Crippen LogP contribution in [0.2, 0.25) is 0 Å². The van der Waals surface area contributed by atoms with E-state index in [1.807, 2.05) is 0 Å². The molecule has 2 aromatic carbocycles. The van der Waals surface area contributed by atoms with Crippen LogP contribution in [0.5, 0.6) is 0 Å². The number of carboxylic acid groups (broad SMARTS) is 2. The predicted molar refractivity (Wildman–Crippen MR) is 150 cm³/mol. The van der Waals surface area contributed by atoms with Gasteiger partial charge in [-0.25, -0.2) is 9.59 Å². The van der Waals surface area contributed by atoms with Gasteiger partial charge in [0.05, 0.1) is 16.5 Å². The highest BCUT2D eigenvalue weighted by Crippen LogP contribution is 2.23. The molecule has 0 aliphatic rings. The minimum Gasteiger partial charge on any atom is -0.480 e. The predicted octanol–water partition coefficient (Wildman–Crippen LogP) is 1.83. The Morgan fingerprint density at radius 3 is 2.32 bits per heavy atom. The molecular weight excluding hydrogens is 532 g/mol. The van der Waals surface area contributed by atoms with Crippen LogP contribution in [0.15, 0.2) is 54.7 Å². The summed E-state index contributed by atoms with van der Waals surface area (Å²) in [5, 5.41) is 27.7. The molecule has 0 aliphatic carbocycles. The Labute approximate surface area is 233 Å². The Kier molecular flexibility index (Phi) is 8.62. The molecule has 10 N–H and O–H groups in total. The van der Waals surface area contributed by atoms with E-state index < -0.39 is 29.8 Å². The summed E-state index contributed by atoms with van der Waals surface area (Å²) < 4.78 is 0. The largest absolute Gasteiger partial charge is 0.480 e. The maximum absolute atomic E-state index is 12.7. The van der Waals surface area contributed by atoms with E-state index in [9.17, 15) is 29.4 Å². The highest BCUT2D eigenvalue weighted by Gasteiger charge is 2.21. The van der Waals surface area contributed by atoms with Crippen LogP contribution in [-0.4, -0.2) is 61.5 Å². The summed E-state index contributed by atoms with van der Waals surface area (Å²) in [6.07, 6.45) is 2.03. The molecule has 0 aliphatic heterocycles. The number of aromatic amines is 1. The highest BCUT2D eigenvalue weighted by atomic mass is 16.4. The van der Waals surface area contributed by atoms with Crippen molar-refractivity contribution in [3.63, 3.8) is 0 Å². The van der Waals surface area contributed by atoms with E-state index in [1.165, 1.54) is 18.2 Å². The van der Waals surface area contributed by atoms with E-state index in [0.717, 1.165) is 5.56 Å². The first-order valence-corrected chi connectivity index (χ1v) is 12.5. The monoisotopic (exact) mass is 560 g/mol. The van der Waals surface area contributed by atoms with Crippen LogP contribution >= 0.6 is 0 Å². The van der Waals surface area contributed by atoms with Crippen molar-refractivity contribution in [1.82, 2.24) is 25.6 Å². The SMILES string of the molecule is Nc1nc(N)c2c(CNc3ccc(C(=O)NC(CCCNC(=O)c4ccccc4C(=O)O)C(=O)O)cc3)c[nH]c2n1. The van der Waals surface area contributed by atoms with Gasteiger partial charge in [-0.3, -0.25) is 9.59 Å². The molecule has 2 amide bonds. The molecule has 0 spiro atoms. The Morgan fingerprint density at radius 1 is 0.927 bits per heavy atom. The zero-order chi connectivity index (χ0) is 29.5. The van der Waals surface area contributed by atoms with Crippen molar-refractivity contribution < 1.29 is 29.4 Å². The standard InChI is InChI=1S/C27H28N8O6/c28-21-20-15(13-32-22(20)35-27(29)34-21)12-31-16-9-7-14(8-10-16)23(36)33-19(26(40)41)6-3-11-30-24(37)17-4-1-2-5-18(17)25(38)39/h1-2,4-5,7-10,13,19,31H,3,6,11-12H2,(H,30,37)(H,33,36)(H,38,39)(H,40,41)(H5,28,29,32,34,35). The third-order valence-electron chi connectivity index (χ3n) is 6.25. The van der Waals surface area contributed by atoms with E-state index in [1.54, 1.807) is 36.5 Å². The lowest BCUT2D eigenvalue weighted by Crippen LogP contribution is -2.41. The van der Waals surface area contributed by atoms with Gasteiger partial charge in [-0.15, -0.1) is 0 Å². The number of aromatic nitrogens is 3. The van der Waals surface area contributed by atoms with Crippen molar-refractivity contribution in [3.8, 4) is 0 Å².